The summed E-state index contributed by atoms with van der Waals surface area (Å²) in [6.07, 6.45) is -12.5. The van der Waals surface area contributed by atoms with Gasteiger partial charge in [0.1, 0.15) is 31.0 Å². The summed E-state index contributed by atoms with van der Waals surface area (Å²) in [6, 6.07) is 18.8. The maximum Gasteiger partial charge on any atom is 0.303 e. The summed E-state index contributed by atoms with van der Waals surface area (Å²) in [5, 5.41) is 11.4. The number of carbonyl (C=O) groups is 4. The van der Waals surface area contributed by atoms with E-state index in [9.17, 15) is 24.3 Å². The second-order valence-electron chi connectivity index (χ2n) is 11.4. The summed E-state index contributed by atoms with van der Waals surface area (Å²) in [5.41, 5.74) is 1.72. The Balaban J connectivity index is 1.72. The van der Waals surface area contributed by atoms with Crippen molar-refractivity contribution in [1.82, 2.24) is 0 Å². The van der Waals surface area contributed by atoms with Gasteiger partial charge in [-0.05, 0) is 11.1 Å². The Bertz CT molecular complexity index is 1380. The number of carbonyl (C=O) groups excluding carboxylic acids is 4. The van der Waals surface area contributed by atoms with Crippen molar-refractivity contribution >= 4 is 46.5 Å². The Kier molecular flexibility index (Phi) is 14.7. The molecular formula is C34H41IO14. The van der Waals surface area contributed by atoms with Gasteiger partial charge in [-0.2, -0.15) is 0 Å². The smallest absolute Gasteiger partial charge is 0.303 e. The van der Waals surface area contributed by atoms with E-state index in [1.807, 2.05) is 60.7 Å². The number of esters is 4. The van der Waals surface area contributed by atoms with E-state index in [0.29, 0.717) is 4.43 Å². The molecule has 49 heavy (non-hydrogen) atoms. The number of rotatable bonds is 14. The maximum absolute atomic E-state index is 12.4. The minimum atomic E-state index is -1.59. The third-order valence-corrected chi connectivity index (χ3v) is 8.44. The topological polar surface area (TPSA) is 172 Å². The van der Waals surface area contributed by atoms with Crippen LogP contribution in [0.25, 0.3) is 0 Å². The second kappa shape index (κ2) is 18.7. The molecule has 14 nitrogen and oxygen atoms in total. The molecule has 0 unspecified atom stereocenters. The monoisotopic (exact) mass is 800 g/mol. The first-order valence-electron chi connectivity index (χ1n) is 15.6. The van der Waals surface area contributed by atoms with E-state index >= 15 is 0 Å². The SMILES string of the molecule is CC(=O)OC[C@H]1O[C@@H](O[C@@H]2[C@@H](OCc3ccccc3)[C@H](OCc3ccccc3)[C@@H](CI)O[C@@H]2O)[C@H](OC(C)=O)[C@@H](OC(C)=O)[C@H]1OC(C)=O. The fraction of sp³-hybridized carbons (Fsp3) is 0.529. The molecule has 0 amide bonds. The lowest BCUT2D eigenvalue weighted by molar-refractivity contribution is -0.366. The molecule has 1 N–H and O–H groups in total. The first-order valence-corrected chi connectivity index (χ1v) is 17.2. The number of aliphatic hydroxyl groups is 1. The lowest BCUT2D eigenvalue weighted by Crippen LogP contribution is -2.66. The molecule has 2 aromatic rings. The van der Waals surface area contributed by atoms with E-state index < -0.39 is 91.9 Å². The Morgan fingerprint density at radius 1 is 0.633 bits per heavy atom. The fourth-order valence-corrected chi connectivity index (χ4v) is 6.25. The summed E-state index contributed by atoms with van der Waals surface area (Å²) < 4.78 is 53.5. The molecule has 2 aliphatic rings. The highest BCUT2D eigenvalue weighted by Gasteiger charge is 2.56. The van der Waals surface area contributed by atoms with E-state index in [2.05, 4.69) is 22.6 Å². The number of halogens is 1. The Morgan fingerprint density at radius 3 is 1.65 bits per heavy atom. The lowest BCUT2D eigenvalue weighted by Gasteiger charge is -2.48. The van der Waals surface area contributed by atoms with Crippen molar-refractivity contribution in [2.45, 2.75) is 102 Å². The van der Waals surface area contributed by atoms with Gasteiger partial charge in [-0.25, -0.2) is 0 Å². The molecule has 268 valence electrons. The van der Waals surface area contributed by atoms with Crippen LogP contribution in [0.3, 0.4) is 0 Å². The van der Waals surface area contributed by atoms with E-state index in [-0.39, 0.29) is 13.2 Å². The Hall–Kier alpha value is -3.19. The second-order valence-corrected chi connectivity index (χ2v) is 12.3. The molecule has 15 heteroatoms. The summed E-state index contributed by atoms with van der Waals surface area (Å²) in [7, 11) is 0. The molecule has 0 aliphatic carbocycles. The number of aliphatic hydroxyl groups excluding tert-OH is 1. The van der Waals surface area contributed by atoms with Gasteiger partial charge in [0, 0.05) is 32.1 Å². The molecule has 2 saturated heterocycles. The third kappa shape index (κ3) is 11.2. The van der Waals surface area contributed by atoms with Crippen LogP contribution in [0.2, 0.25) is 0 Å². The summed E-state index contributed by atoms with van der Waals surface area (Å²) in [6.45, 7) is 4.39. The Morgan fingerprint density at radius 2 is 1.14 bits per heavy atom. The summed E-state index contributed by atoms with van der Waals surface area (Å²) >= 11 is 2.13. The highest BCUT2D eigenvalue weighted by atomic mass is 127. The molecule has 0 saturated carbocycles. The average molecular weight is 801 g/mol. The quantitative estimate of drug-likeness (QED) is 0.128. The predicted octanol–water partition coefficient (Wildman–Crippen LogP) is 2.78. The molecule has 2 aromatic carbocycles. The molecule has 10 atom stereocenters. The molecule has 0 bridgehead atoms. The fourth-order valence-electron chi connectivity index (χ4n) is 5.54. The van der Waals surface area contributed by atoms with Gasteiger partial charge in [0.15, 0.2) is 30.9 Å². The van der Waals surface area contributed by atoms with E-state index in [0.717, 1.165) is 31.9 Å². The maximum atomic E-state index is 12.4. The van der Waals surface area contributed by atoms with Crippen molar-refractivity contribution in [2.75, 3.05) is 11.0 Å². The number of benzene rings is 2. The van der Waals surface area contributed by atoms with Crippen molar-refractivity contribution in [3.8, 4) is 0 Å². The van der Waals surface area contributed by atoms with Gasteiger partial charge in [-0.3, -0.25) is 19.2 Å². The van der Waals surface area contributed by atoms with Crippen LogP contribution in [-0.2, 0) is 75.0 Å². The van der Waals surface area contributed by atoms with Gasteiger partial charge in [0.05, 0.1) is 19.3 Å². The van der Waals surface area contributed by atoms with Crippen molar-refractivity contribution in [3.05, 3.63) is 71.8 Å². The van der Waals surface area contributed by atoms with Crippen LogP contribution in [-0.4, -0.2) is 101 Å². The highest BCUT2D eigenvalue weighted by Crippen LogP contribution is 2.35. The largest absolute Gasteiger partial charge is 0.463 e. The van der Waals surface area contributed by atoms with E-state index in [1.165, 1.54) is 6.92 Å². The lowest BCUT2D eigenvalue weighted by atomic mass is 9.96. The number of hydrogen-bond acceptors (Lipinski definition) is 14. The minimum Gasteiger partial charge on any atom is -0.463 e. The van der Waals surface area contributed by atoms with E-state index in [1.54, 1.807) is 0 Å². The van der Waals surface area contributed by atoms with Crippen LogP contribution < -0.4 is 0 Å². The van der Waals surface area contributed by atoms with Gasteiger partial charge in [-0.1, -0.05) is 83.3 Å². The highest BCUT2D eigenvalue weighted by molar-refractivity contribution is 14.1. The molecule has 0 radical (unpaired) electrons. The molecule has 2 heterocycles. The van der Waals surface area contributed by atoms with Gasteiger partial charge in [0.2, 0.25) is 0 Å². The minimum absolute atomic E-state index is 0.107. The van der Waals surface area contributed by atoms with Gasteiger partial charge in [0.25, 0.3) is 0 Å². The normalized spacial score (nSPS) is 29.8. The zero-order chi connectivity index (χ0) is 35.5. The van der Waals surface area contributed by atoms with Crippen LogP contribution in [0, 0.1) is 0 Å². The predicted molar refractivity (Wildman–Crippen MR) is 177 cm³/mol. The van der Waals surface area contributed by atoms with Gasteiger partial charge in [-0.15, -0.1) is 0 Å². The number of hydrogen-bond donors (Lipinski definition) is 1. The average Bonchev–Trinajstić information content (AvgIpc) is 3.06. The number of alkyl halides is 1. The van der Waals surface area contributed by atoms with E-state index in [4.69, 9.17) is 42.6 Å². The Labute approximate surface area is 297 Å². The van der Waals surface area contributed by atoms with Crippen LogP contribution in [0.1, 0.15) is 38.8 Å². The van der Waals surface area contributed by atoms with Crippen molar-refractivity contribution in [1.29, 1.82) is 0 Å². The number of ether oxygens (including phenoxy) is 9. The summed E-state index contributed by atoms with van der Waals surface area (Å²) in [5.74, 6) is -3.03. The first-order chi connectivity index (χ1) is 23.5. The summed E-state index contributed by atoms with van der Waals surface area (Å²) in [4.78, 5) is 48.6. The standard InChI is InChI=1S/C34H41IO14/c1-19(36)41-18-26-28(44-20(2)37)30(45-21(3)38)32(46-22(4)39)34(48-26)49-31-29(43-17-24-13-9-6-10-14-24)27(25(15-35)47-33(31)40)42-16-23-11-7-5-8-12-23/h5-14,25-34,40H,15-18H2,1-4H3/t25-,26-,27-,28+,29+,30+,31-,32-,33+,34+/m1/s1. The van der Waals surface area contributed by atoms with Crippen LogP contribution in [0.4, 0.5) is 0 Å². The van der Waals surface area contributed by atoms with Crippen LogP contribution >= 0.6 is 22.6 Å². The zero-order valence-electron chi connectivity index (χ0n) is 27.5. The van der Waals surface area contributed by atoms with Crippen LogP contribution in [0.5, 0.6) is 0 Å². The first kappa shape index (κ1) is 38.6. The van der Waals surface area contributed by atoms with Crippen molar-refractivity contribution in [2.24, 2.45) is 0 Å². The van der Waals surface area contributed by atoms with Gasteiger partial charge >= 0.3 is 23.9 Å². The zero-order valence-corrected chi connectivity index (χ0v) is 29.7. The molecular weight excluding hydrogens is 759 g/mol. The van der Waals surface area contributed by atoms with Crippen LogP contribution in [0.15, 0.2) is 60.7 Å². The molecule has 0 spiro atoms. The molecule has 2 fully saturated rings. The molecule has 0 aromatic heterocycles. The van der Waals surface area contributed by atoms with Gasteiger partial charge < -0.3 is 47.7 Å². The molecule has 4 rings (SSSR count). The third-order valence-electron chi connectivity index (χ3n) is 7.57. The molecule has 2 aliphatic heterocycles. The van der Waals surface area contributed by atoms with Crippen molar-refractivity contribution < 1.29 is 66.9 Å². The van der Waals surface area contributed by atoms with Crippen molar-refractivity contribution in [3.63, 3.8) is 0 Å².